The normalized spacial score (nSPS) is 21.3. The Hall–Kier alpha value is -0.850. The SMILES string of the molecule is O=C(N[C@H]1CCS(=O)(=O)C1)c1cc(F)c(Cl)cc1Cl. The highest BCUT2D eigenvalue weighted by atomic mass is 35.5. The molecule has 1 fully saturated rings. The van der Waals surface area contributed by atoms with E-state index in [0.717, 1.165) is 12.1 Å². The number of hydrogen-bond donors (Lipinski definition) is 1. The van der Waals surface area contributed by atoms with Crippen LogP contribution in [0, 0.1) is 5.82 Å². The van der Waals surface area contributed by atoms with Gasteiger partial charge in [-0.25, -0.2) is 12.8 Å². The molecule has 1 amide bonds. The summed E-state index contributed by atoms with van der Waals surface area (Å²) in [5, 5.41) is 2.37. The Bertz CT molecular complexity index is 633. The van der Waals surface area contributed by atoms with Crippen LogP contribution in [0.4, 0.5) is 4.39 Å². The van der Waals surface area contributed by atoms with E-state index in [9.17, 15) is 17.6 Å². The number of amides is 1. The van der Waals surface area contributed by atoms with Gasteiger partial charge in [0.2, 0.25) is 0 Å². The van der Waals surface area contributed by atoms with E-state index in [0.29, 0.717) is 6.42 Å². The third-order valence-electron chi connectivity index (χ3n) is 2.82. The Morgan fingerprint density at radius 2 is 2.00 bits per heavy atom. The van der Waals surface area contributed by atoms with Crippen LogP contribution in [-0.4, -0.2) is 31.9 Å². The third kappa shape index (κ3) is 3.38. The lowest BCUT2D eigenvalue weighted by molar-refractivity contribution is 0.0941. The molecule has 1 aliphatic heterocycles. The highest BCUT2D eigenvalue weighted by Crippen LogP contribution is 2.24. The van der Waals surface area contributed by atoms with Gasteiger partial charge in [-0.05, 0) is 18.6 Å². The second-order valence-electron chi connectivity index (χ2n) is 4.32. The van der Waals surface area contributed by atoms with Crippen molar-refractivity contribution in [2.24, 2.45) is 0 Å². The largest absolute Gasteiger partial charge is 0.348 e. The third-order valence-corrected chi connectivity index (χ3v) is 5.19. The van der Waals surface area contributed by atoms with E-state index in [-0.39, 0.29) is 27.1 Å². The van der Waals surface area contributed by atoms with Gasteiger partial charge in [0.05, 0.1) is 27.1 Å². The molecule has 1 atom stereocenters. The van der Waals surface area contributed by atoms with Crippen molar-refractivity contribution in [3.05, 3.63) is 33.6 Å². The fourth-order valence-electron chi connectivity index (χ4n) is 1.87. The van der Waals surface area contributed by atoms with Gasteiger partial charge < -0.3 is 5.32 Å². The number of carbonyl (C=O) groups is 1. The predicted molar refractivity (Wildman–Crippen MR) is 70.9 cm³/mol. The molecule has 0 unspecified atom stereocenters. The monoisotopic (exact) mass is 325 g/mol. The molecule has 1 aromatic carbocycles. The molecule has 0 spiro atoms. The van der Waals surface area contributed by atoms with E-state index in [1.165, 1.54) is 0 Å². The number of hydrogen-bond acceptors (Lipinski definition) is 3. The Labute approximate surface area is 119 Å². The lowest BCUT2D eigenvalue weighted by Crippen LogP contribution is -2.35. The lowest BCUT2D eigenvalue weighted by atomic mass is 10.2. The average Bonchev–Trinajstić information content (AvgIpc) is 2.63. The van der Waals surface area contributed by atoms with E-state index in [2.05, 4.69) is 5.32 Å². The van der Waals surface area contributed by atoms with Gasteiger partial charge in [-0.1, -0.05) is 23.2 Å². The van der Waals surface area contributed by atoms with Crippen molar-refractivity contribution in [3.8, 4) is 0 Å². The molecule has 1 aromatic rings. The highest BCUT2D eigenvalue weighted by molar-refractivity contribution is 7.91. The molecule has 0 saturated carbocycles. The molecule has 1 aliphatic rings. The summed E-state index contributed by atoms with van der Waals surface area (Å²) in [5.74, 6) is -1.43. The molecule has 1 heterocycles. The van der Waals surface area contributed by atoms with Gasteiger partial charge in [0, 0.05) is 6.04 Å². The first-order chi connectivity index (χ1) is 8.78. The number of halogens is 3. The van der Waals surface area contributed by atoms with E-state index in [1.54, 1.807) is 0 Å². The molecule has 4 nitrogen and oxygen atoms in total. The number of sulfone groups is 1. The number of rotatable bonds is 2. The van der Waals surface area contributed by atoms with Crippen LogP contribution in [0.25, 0.3) is 0 Å². The molecule has 0 radical (unpaired) electrons. The molecule has 104 valence electrons. The topological polar surface area (TPSA) is 63.2 Å². The Morgan fingerprint density at radius 1 is 1.32 bits per heavy atom. The van der Waals surface area contributed by atoms with Gasteiger partial charge in [-0.15, -0.1) is 0 Å². The summed E-state index contributed by atoms with van der Waals surface area (Å²) >= 11 is 11.3. The number of carbonyl (C=O) groups excluding carboxylic acids is 1. The number of benzene rings is 1. The lowest BCUT2D eigenvalue weighted by Gasteiger charge is -2.12. The maximum Gasteiger partial charge on any atom is 0.253 e. The summed E-state index contributed by atoms with van der Waals surface area (Å²) in [6.07, 6.45) is 0.349. The van der Waals surface area contributed by atoms with Gasteiger partial charge in [0.15, 0.2) is 9.84 Å². The molecule has 1 saturated heterocycles. The Morgan fingerprint density at radius 3 is 2.58 bits per heavy atom. The molecule has 2 rings (SSSR count). The first-order valence-corrected chi connectivity index (χ1v) is 8.02. The summed E-state index contributed by atoms with van der Waals surface area (Å²) in [5.41, 5.74) is -0.0622. The van der Waals surface area contributed by atoms with Gasteiger partial charge in [-0.2, -0.15) is 0 Å². The summed E-state index contributed by atoms with van der Waals surface area (Å²) in [7, 11) is -3.09. The van der Waals surface area contributed by atoms with Crippen molar-refractivity contribution in [2.45, 2.75) is 12.5 Å². The molecular formula is C11H10Cl2FNO3S. The maximum atomic E-state index is 13.3. The minimum absolute atomic E-state index is 0.0183. The summed E-state index contributed by atoms with van der Waals surface area (Å²) in [4.78, 5) is 11.9. The van der Waals surface area contributed by atoms with Crippen molar-refractivity contribution in [2.75, 3.05) is 11.5 Å². The van der Waals surface area contributed by atoms with Gasteiger partial charge in [-0.3, -0.25) is 4.79 Å². The van der Waals surface area contributed by atoms with Gasteiger partial charge in [0.1, 0.15) is 5.82 Å². The Balaban J connectivity index is 2.15. The van der Waals surface area contributed by atoms with Crippen molar-refractivity contribution in [1.82, 2.24) is 5.32 Å². The first kappa shape index (κ1) is 14.6. The van der Waals surface area contributed by atoms with Crippen LogP contribution in [0.3, 0.4) is 0 Å². The zero-order chi connectivity index (χ0) is 14.2. The van der Waals surface area contributed by atoms with Crippen molar-refractivity contribution < 1.29 is 17.6 Å². The summed E-state index contributed by atoms with van der Waals surface area (Å²) < 4.78 is 35.8. The summed E-state index contributed by atoms with van der Waals surface area (Å²) in [6, 6.07) is 1.61. The van der Waals surface area contributed by atoms with Crippen molar-refractivity contribution >= 4 is 38.9 Å². The minimum atomic E-state index is -3.09. The zero-order valence-corrected chi connectivity index (χ0v) is 11.9. The molecule has 19 heavy (non-hydrogen) atoms. The van der Waals surface area contributed by atoms with Crippen LogP contribution in [0.15, 0.2) is 12.1 Å². The summed E-state index contributed by atoms with van der Waals surface area (Å²) in [6.45, 7) is 0. The van der Waals surface area contributed by atoms with Crippen LogP contribution >= 0.6 is 23.2 Å². The van der Waals surface area contributed by atoms with E-state index >= 15 is 0 Å². The molecule has 1 N–H and O–H groups in total. The molecule has 0 aliphatic carbocycles. The Kier molecular flexibility index (Phi) is 4.03. The van der Waals surface area contributed by atoms with Crippen LogP contribution in [-0.2, 0) is 9.84 Å². The van der Waals surface area contributed by atoms with Crippen molar-refractivity contribution in [3.63, 3.8) is 0 Å². The van der Waals surface area contributed by atoms with E-state index in [1.807, 2.05) is 0 Å². The van der Waals surface area contributed by atoms with Gasteiger partial charge in [0.25, 0.3) is 5.91 Å². The molecule has 0 aromatic heterocycles. The van der Waals surface area contributed by atoms with Crippen LogP contribution in [0.1, 0.15) is 16.8 Å². The van der Waals surface area contributed by atoms with Crippen LogP contribution in [0.5, 0.6) is 0 Å². The van der Waals surface area contributed by atoms with Gasteiger partial charge >= 0.3 is 0 Å². The fraction of sp³-hybridized carbons (Fsp3) is 0.364. The highest BCUT2D eigenvalue weighted by Gasteiger charge is 2.29. The minimum Gasteiger partial charge on any atom is -0.348 e. The maximum absolute atomic E-state index is 13.3. The quantitative estimate of drug-likeness (QED) is 0.846. The molecular weight excluding hydrogens is 316 g/mol. The number of nitrogens with one attached hydrogen (secondary N) is 1. The first-order valence-electron chi connectivity index (χ1n) is 5.44. The smallest absolute Gasteiger partial charge is 0.253 e. The van der Waals surface area contributed by atoms with Crippen LogP contribution in [0.2, 0.25) is 10.0 Å². The average molecular weight is 326 g/mol. The second-order valence-corrected chi connectivity index (χ2v) is 7.36. The second kappa shape index (κ2) is 5.26. The predicted octanol–water partition coefficient (Wildman–Crippen LogP) is 2.05. The standard InChI is InChI=1S/C11H10Cl2FNO3S/c12-8-4-9(13)10(14)3-7(8)11(16)15-6-1-2-19(17,18)5-6/h3-4,6H,1-2,5H2,(H,15,16)/t6-/m0/s1. The van der Waals surface area contributed by atoms with Crippen molar-refractivity contribution in [1.29, 1.82) is 0 Å². The van der Waals surface area contributed by atoms with E-state index in [4.69, 9.17) is 23.2 Å². The fourth-order valence-corrected chi connectivity index (χ4v) is 4.01. The zero-order valence-electron chi connectivity index (χ0n) is 9.62. The molecule has 0 bridgehead atoms. The van der Waals surface area contributed by atoms with E-state index < -0.39 is 27.6 Å². The van der Waals surface area contributed by atoms with Crippen LogP contribution < -0.4 is 5.32 Å². The molecule has 8 heteroatoms.